The second kappa shape index (κ2) is 4.68. The molecule has 0 fully saturated rings. The van der Waals surface area contributed by atoms with Gasteiger partial charge in [-0.05, 0) is 18.6 Å². The van der Waals surface area contributed by atoms with Crippen LogP contribution in [0.5, 0.6) is 0 Å². The maximum Gasteiger partial charge on any atom is 0.0481 e. The summed E-state index contributed by atoms with van der Waals surface area (Å²) < 4.78 is 2.16. The van der Waals surface area contributed by atoms with Crippen molar-refractivity contribution in [2.24, 2.45) is 12.8 Å². The van der Waals surface area contributed by atoms with E-state index in [1.165, 1.54) is 16.5 Å². The predicted octanol–water partition coefficient (Wildman–Crippen LogP) is 1.62. The van der Waals surface area contributed by atoms with Gasteiger partial charge in [0.25, 0.3) is 0 Å². The molecule has 1 unspecified atom stereocenters. The SMILES string of the molecule is CC(N)CNCc1cn(C)c2ccccc12. The number of para-hydroxylation sites is 1. The summed E-state index contributed by atoms with van der Waals surface area (Å²) >= 11 is 0. The number of rotatable bonds is 4. The topological polar surface area (TPSA) is 43.0 Å². The Kier molecular flexibility index (Phi) is 3.27. The third kappa shape index (κ3) is 2.26. The molecule has 0 aliphatic carbocycles. The number of aryl methyl sites for hydroxylation is 1. The molecule has 1 atom stereocenters. The second-order valence-corrected chi connectivity index (χ2v) is 4.39. The Balaban J connectivity index is 2.18. The standard InChI is InChI=1S/C13H19N3/c1-10(14)7-15-8-11-9-16(2)13-6-4-3-5-12(11)13/h3-6,9-10,15H,7-8,14H2,1-2H3. The Morgan fingerprint density at radius 2 is 2.12 bits per heavy atom. The summed E-state index contributed by atoms with van der Waals surface area (Å²) in [6.45, 7) is 3.74. The van der Waals surface area contributed by atoms with Gasteiger partial charge in [0.1, 0.15) is 0 Å². The quantitative estimate of drug-likeness (QED) is 0.817. The summed E-state index contributed by atoms with van der Waals surface area (Å²) in [4.78, 5) is 0. The van der Waals surface area contributed by atoms with Crippen LogP contribution in [-0.2, 0) is 13.6 Å². The molecule has 16 heavy (non-hydrogen) atoms. The lowest BCUT2D eigenvalue weighted by atomic mass is 10.2. The van der Waals surface area contributed by atoms with Gasteiger partial charge in [0.05, 0.1) is 0 Å². The van der Waals surface area contributed by atoms with Crippen LogP contribution in [0.15, 0.2) is 30.5 Å². The van der Waals surface area contributed by atoms with E-state index < -0.39 is 0 Å². The number of aromatic nitrogens is 1. The molecule has 0 saturated heterocycles. The fourth-order valence-electron chi connectivity index (χ4n) is 2.00. The van der Waals surface area contributed by atoms with E-state index >= 15 is 0 Å². The summed E-state index contributed by atoms with van der Waals surface area (Å²) in [5.74, 6) is 0. The van der Waals surface area contributed by atoms with E-state index in [1.807, 2.05) is 6.92 Å². The van der Waals surface area contributed by atoms with Gasteiger partial charge < -0.3 is 15.6 Å². The number of fused-ring (bicyclic) bond motifs is 1. The number of hydrogen-bond acceptors (Lipinski definition) is 2. The Morgan fingerprint density at radius 3 is 2.88 bits per heavy atom. The minimum atomic E-state index is 0.204. The van der Waals surface area contributed by atoms with E-state index in [9.17, 15) is 0 Å². The molecule has 1 heterocycles. The molecule has 0 amide bonds. The van der Waals surface area contributed by atoms with Crippen LogP contribution in [0.3, 0.4) is 0 Å². The molecule has 3 N–H and O–H groups in total. The van der Waals surface area contributed by atoms with Crippen molar-refractivity contribution in [2.75, 3.05) is 6.54 Å². The van der Waals surface area contributed by atoms with Crippen LogP contribution in [0.2, 0.25) is 0 Å². The Labute approximate surface area is 96.2 Å². The smallest absolute Gasteiger partial charge is 0.0481 e. The summed E-state index contributed by atoms with van der Waals surface area (Å²) in [5.41, 5.74) is 8.32. The minimum absolute atomic E-state index is 0.204. The first-order chi connectivity index (χ1) is 7.68. The van der Waals surface area contributed by atoms with Crippen molar-refractivity contribution in [2.45, 2.75) is 19.5 Å². The fraction of sp³-hybridized carbons (Fsp3) is 0.385. The average Bonchev–Trinajstić information content (AvgIpc) is 2.57. The first-order valence-electron chi connectivity index (χ1n) is 5.67. The van der Waals surface area contributed by atoms with Gasteiger partial charge in [-0.15, -0.1) is 0 Å². The van der Waals surface area contributed by atoms with Crippen LogP contribution in [0.25, 0.3) is 10.9 Å². The molecule has 3 nitrogen and oxygen atoms in total. The van der Waals surface area contributed by atoms with E-state index in [1.54, 1.807) is 0 Å². The van der Waals surface area contributed by atoms with E-state index in [-0.39, 0.29) is 6.04 Å². The second-order valence-electron chi connectivity index (χ2n) is 4.39. The van der Waals surface area contributed by atoms with Gasteiger partial charge in [-0.1, -0.05) is 18.2 Å². The lowest BCUT2D eigenvalue weighted by molar-refractivity contribution is 0.609. The van der Waals surface area contributed by atoms with Crippen LogP contribution in [0.4, 0.5) is 0 Å². The van der Waals surface area contributed by atoms with Gasteiger partial charge in [-0.2, -0.15) is 0 Å². The monoisotopic (exact) mass is 217 g/mol. The highest BCUT2D eigenvalue weighted by atomic mass is 14.9. The van der Waals surface area contributed by atoms with Gasteiger partial charge in [0, 0.05) is 43.3 Å². The van der Waals surface area contributed by atoms with Crippen molar-refractivity contribution in [3.63, 3.8) is 0 Å². The zero-order valence-electron chi connectivity index (χ0n) is 9.90. The molecule has 0 aliphatic heterocycles. The molecule has 86 valence electrons. The zero-order chi connectivity index (χ0) is 11.5. The highest BCUT2D eigenvalue weighted by Crippen LogP contribution is 2.19. The normalized spacial score (nSPS) is 13.2. The van der Waals surface area contributed by atoms with Crippen molar-refractivity contribution in [3.05, 3.63) is 36.0 Å². The Bertz CT molecular complexity index is 471. The predicted molar refractivity (Wildman–Crippen MR) is 68.3 cm³/mol. The Hall–Kier alpha value is -1.32. The summed E-state index contributed by atoms with van der Waals surface area (Å²) in [6.07, 6.45) is 2.18. The molecular formula is C13H19N3. The van der Waals surface area contributed by atoms with Crippen molar-refractivity contribution in [1.82, 2.24) is 9.88 Å². The first kappa shape index (κ1) is 11.2. The number of benzene rings is 1. The van der Waals surface area contributed by atoms with Gasteiger partial charge in [0.2, 0.25) is 0 Å². The molecule has 0 bridgehead atoms. The maximum atomic E-state index is 5.71. The number of nitrogens with one attached hydrogen (secondary N) is 1. The van der Waals surface area contributed by atoms with E-state index in [2.05, 4.69) is 47.4 Å². The van der Waals surface area contributed by atoms with Crippen LogP contribution >= 0.6 is 0 Å². The molecule has 2 rings (SSSR count). The molecule has 1 aromatic heterocycles. The lowest BCUT2D eigenvalue weighted by Gasteiger charge is -2.06. The van der Waals surface area contributed by atoms with E-state index in [0.29, 0.717) is 0 Å². The zero-order valence-corrected chi connectivity index (χ0v) is 9.90. The van der Waals surface area contributed by atoms with Crippen LogP contribution < -0.4 is 11.1 Å². The van der Waals surface area contributed by atoms with E-state index in [4.69, 9.17) is 5.73 Å². The van der Waals surface area contributed by atoms with Crippen LogP contribution in [0.1, 0.15) is 12.5 Å². The first-order valence-corrected chi connectivity index (χ1v) is 5.67. The minimum Gasteiger partial charge on any atom is -0.350 e. The largest absolute Gasteiger partial charge is 0.350 e. The molecule has 2 aromatic rings. The summed E-state index contributed by atoms with van der Waals surface area (Å²) in [5, 5.41) is 4.69. The molecular weight excluding hydrogens is 198 g/mol. The molecule has 3 heteroatoms. The van der Waals surface area contributed by atoms with Gasteiger partial charge in [-0.3, -0.25) is 0 Å². The molecule has 0 spiro atoms. The summed E-state index contributed by atoms with van der Waals surface area (Å²) in [6, 6.07) is 8.66. The van der Waals surface area contributed by atoms with Crippen molar-refractivity contribution < 1.29 is 0 Å². The Morgan fingerprint density at radius 1 is 1.38 bits per heavy atom. The van der Waals surface area contributed by atoms with Gasteiger partial charge in [0.15, 0.2) is 0 Å². The highest BCUT2D eigenvalue weighted by Gasteiger charge is 2.05. The van der Waals surface area contributed by atoms with Crippen LogP contribution in [0, 0.1) is 0 Å². The lowest BCUT2D eigenvalue weighted by Crippen LogP contribution is -2.30. The number of nitrogens with two attached hydrogens (primary N) is 1. The average molecular weight is 217 g/mol. The number of hydrogen-bond donors (Lipinski definition) is 2. The van der Waals surface area contributed by atoms with Crippen molar-refractivity contribution in [3.8, 4) is 0 Å². The van der Waals surface area contributed by atoms with Gasteiger partial charge >= 0.3 is 0 Å². The fourth-order valence-corrected chi connectivity index (χ4v) is 2.00. The van der Waals surface area contributed by atoms with Crippen LogP contribution in [-0.4, -0.2) is 17.2 Å². The van der Waals surface area contributed by atoms with Gasteiger partial charge in [-0.25, -0.2) is 0 Å². The third-order valence-electron chi connectivity index (χ3n) is 2.76. The van der Waals surface area contributed by atoms with E-state index in [0.717, 1.165) is 13.1 Å². The molecule has 0 aliphatic rings. The molecule has 1 aromatic carbocycles. The summed E-state index contributed by atoms with van der Waals surface area (Å²) in [7, 11) is 2.08. The highest BCUT2D eigenvalue weighted by molar-refractivity contribution is 5.83. The number of nitrogens with zero attached hydrogens (tertiary/aromatic N) is 1. The molecule has 0 radical (unpaired) electrons. The molecule has 0 saturated carbocycles. The third-order valence-corrected chi connectivity index (χ3v) is 2.76. The maximum absolute atomic E-state index is 5.71. The van der Waals surface area contributed by atoms with Crippen molar-refractivity contribution >= 4 is 10.9 Å². The van der Waals surface area contributed by atoms with Crippen molar-refractivity contribution in [1.29, 1.82) is 0 Å².